The maximum atomic E-state index is 11.4. The number of ether oxygens (including phenoxy) is 1. The van der Waals surface area contributed by atoms with E-state index in [4.69, 9.17) is 4.74 Å². The summed E-state index contributed by atoms with van der Waals surface area (Å²) in [5.41, 5.74) is 0. The predicted octanol–water partition coefficient (Wildman–Crippen LogP) is 2.33. The molecule has 0 aliphatic carbocycles. The van der Waals surface area contributed by atoms with Crippen LogP contribution in [0.1, 0.15) is 46.5 Å². The molecular weight excluding hydrogens is 180 g/mol. The van der Waals surface area contributed by atoms with E-state index in [1.165, 1.54) is 0 Å². The van der Waals surface area contributed by atoms with E-state index in [9.17, 15) is 9.59 Å². The molecule has 0 aromatic carbocycles. The van der Waals surface area contributed by atoms with Crippen LogP contribution >= 0.6 is 0 Å². The Labute approximate surface area is 85.8 Å². The molecule has 0 bridgehead atoms. The van der Waals surface area contributed by atoms with Crippen molar-refractivity contribution >= 4 is 11.8 Å². The second-order valence-electron chi connectivity index (χ2n) is 3.33. The van der Waals surface area contributed by atoms with Gasteiger partial charge in [-0.3, -0.25) is 9.59 Å². The number of carbonyl (C=O) groups excluding carboxylic acids is 2. The van der Waals surface area contributed by atoms with Crippen LogP contribution < -0.4 is 0 Å². The number of Topliss-reactive ketones (excluding diaryl/α,β-unsaturated/α-hetero) is 1. The number of rotatable bonds is 7. The molecule has 0 amide bonds. The van der Waals surface area contributed by atoms with Gasteiger partial charge < -0.3 is 4.74 Å². The summed E-state index contributed by atoms with van der Waals surface area (Å²) in [6.45, 7) is 5.99. The van der Waals surface area contributed by atoms with E-state index < -0.39 is 0 Å². The van der Waals surface area contributed by atoms with Gasteiger partial charge in [-0.25, -0.2) is 0 Å². The predicted molar refractivity (Wildman–Crippen MR) is 54.9 cm³/mol. The molecule has 82 valence electrons. The monoisotopic (exact) mass is 200 g/mol. The van der Waals surface area contributed by atoms with Crippen molar-refractivity contribution in [2.24, 2.45) is 5.92 Å². The zero-order valence-electron chi connectivity index (χ0n) is 9.34. The molecule has 0 fully saturated rings. The van der Waals surface area contributed by atoms with Gasteiger partial charge in [0.25, 0.3) is 0 Å². The summed E-state index contributed by atoms with van der Waals surface area (Å²) >= 11 is 0. The van der Waals surface area contributed by atoms with Crippen molar-refractivity contribution in [3.8, 4) is 0 Å². The van der Waals surface area contributed by atoms with Crippen LogP contribution in [0, 0.1) is 5.92 Å². The number of hydrogen-bond donors (Lipinski definition) is 0. The smallest absolute Gasteiger partial charge is 0.309 e. The third-order valence-corrected chi connectivity index (χ3v) is 2.13. The molecule has 0 radical (unpaired) electrons. The molecule has 0 aliphatic rings. The number of carbonyl (C=O) groups is 2. The van der Waals surface area contributed by atoms with E-state index in [0.29, 0.717) is 19.4 Å². The molecule has 0 N–H and O–H groups in total. The Bertz CT molecular complexity index is 187. The molecule has 1 atom stereocenters. The van der Waals surface area contributed by atoms with E-state index in [0.717, 1.165) is 12.8 Å². The second-order valence-corrected chi connectivity index (χ2v) is 3.33. The van der Waals surface area contributed by atoms with Crippen LogP contribution in [0.2, 0.25) is 0 Å². The standard InChI is InChI=1S/C11H20O3/c1-4-7-9(8-10(12)5-2)11(13)14-6-3/h9H,4-8H2,1-3H3. The molecule has 0 heterocycles. The van der Waals surface area contributed by atoms with Crippen molar-refractivity contribution in [3.63, 3.8) is 0 Å². The maximum absolute atomic E-state index is 11.4. The zero-order valence-corrected chi connectivity index (χ0v) is 9.34. The van der Waals surface area contributed by atoms with Crippen molar-refractivity contribution in [2.45, 2.75) is 46.5 Å². The Balaban J connectivity index is 4.13. The van der Waals surface area contributed by atoms with Crippen molar-refractivity contribution in [3.05, 3.63) is 0 Å². The normalized spacial score (nSPS) is 12.2. The lowest BCUT2D eigenvalue weighted by molar-refractivity contribution is -0.149. The number of esters is 1. The van der Waals surface area contributed by atoms with Gasteiger partial charge in [0.15, 0.2) is 0 Å². The zero-order chi connectivity index (χ0) is 11.0. The Hall–Kier alpha value is -0.860. The lowest BCUT2D eigenvalue weighted by Gasteiger charge is -2.13. The fourth-order valence-electron chi connectivity index (χ4n) is 1.33. The first-order valence-corrected chi connectivity index (χ1v) is 5.33. The fourth-order valence-corrected chi connectivity index (χ4v) is 1.33. The van der Waals surface area contributed by atoms with Crippen LogP contribution in [0.4, 0.5) is 0 Å². The van der Waals surface area contributed by atoms with Crippen molar-refractivity contribution in [2.75, 3.05) is 6.61 Å². The minimum absolute atomic E-state index is 0.136. The molecule has 0 aromatic heterocycles. The van der Waals surface area contributed by atoms with Gasteiger partial charge in [-0.05, 0) is 13.3 Å². The van der Waals surface area contributed by atoms with Crippen LogP contribution in [0.25, 0.3) is 0 Å². The van der Waals surface area contributed by atoms with Crippen LogP contribution in [0.5, 0.6) is 0 Å². The van der Waals surface area contributed by atoms with Crippen molar-refractivity contribution < 1.29 is 14.3 Å². The summed E-state index contributed by atoms with van der Waals surface area (Å²) in [5, 5.41) is 0. The summed E-state index contributed by atoms with van der Waals surface area (Å²) in [7, 11) is 0. The summed E-state index contributed by atoms with van der Waals surface area (Å²) in [6.07, 6.45) is 2.48. The molecule has 0 rings (SSSR count). The van der Waals surface area contributed by atoms with Crippen LogP contribution in [0.3, 0.4) is 0 Å². The van der Waals surface area contributed by atoms with Crippen molar-refractivity contribution in [1.82, 2.24) is 0 Å². The van der Waals surface area contributed by atoms with Gasteiger partial charge >= 0.3 is 5.97 Å². The molecule has 0 aromatic rings. The molecule has 1 unspecified atom stereocenters. The molecule has 14 heavy (non-hydrogen) atoms. The van der Waals surface area contributed by atoms with Gasteiger partial charge in [0, 0.05) is 12.8 Å². The largest absolute Gasteiger partial charge is 0.466 e. The van der Waals surface area contributed by atoms with Crippen LogP contribution in [-0.2, 0) is 14.3 Å². The Morgan fingerprint density at radius 2 is 1.86 bits per heavy atom. The minimum Gasteiger partial charge on any atom is -0.466 e. The first-order chi connectivity index (χ1) is 6.65. The van der Waals surface area contributed by atoms with Gasteiger partial charge in [-0.2, -0.15) is 0 Å². The van der Waals surface area contributed by atoms with E-state index >= 15 is 0 Å². The molecule has 3 heteroatoms. The van der Waals surface area contributed by atoms with Crippen LogP contribution in [-0.4, -0.2) is 18.4 Å². The third kappa shape index (κ3) is 5.00. The van der Waals surface area contributed by atoms with E-state index in [1.807, 2.05) is 13.8 Å². The highest BCUT2D eigenvalue weighted by atomic mass is 16.5. The average Bonchev–Trinajstić information content (AvgIpc) is 2.17. The Morgan fingerprint density at radius 3 is 2.29 bits per heavy atom. The Kier molecular flexibility index (Phi) is 7.07. The highest BCUT2D eigenvalue weighted by Gasteiger charge is 2.21. The SMILES string of the molecule is CCCC(CC(=O)CC)C(=O)OCC. The summed E-state index contributed by atoms with van der Waals surface area (Å²) < 4.78 is 4.91. The summed E-state index contributed by atoms with van der Waals surface area (Å²) in [6, 6.07) is 0. The van der Waals surface area contributed by atoms with E-state index in [2.05, 4.69) is 0 Å². The quantitative estimate of drug-likeness (QED) is 0.592. The molecule has 0 aliphatic heterocycles. The highest BCUT2D eigenvalue weighted by Crippen LogP contribution is 2.14. The molecule has 0 saturated heterocycles. The highest BCUT2D eigenvalue weighted by molar-refractivity contribution is 5.84. The van der Waals surface area contributed by atoms with Gasteiger partial charge in [0.05, 0.1) is 12.5 Å². The van der Waals surface area contributed by atoms with Gasteiger partial charge in [0.1, 0.15) is 5.78 Å². The topological polar surface area (TPSA) is 43.4 Å². The molecule has 0 saturated carbocycles. The molecular formula is C11H20O3. The van der Waals surface area contributed by atoms with Gasteiger partial charge in [0.2, 0.25) is 0 Å². The first-order valence-electron chi connectivity index (χ1n) is 5.33. The summed E-state index contributed by atoms with van der Waals surface area (Å²) in [5.74, 6) is -0.319. The maximum Gasteiger partial charge on any atom is 0.309 e. The first kappa shape index (κ1) is 13.1. The van der Waals surface area contributed by atoms with Crippen molar-refractivity contribution in [1.29, 1.82) is 0 Å². The number of hydrogen-bond acceptors (Lipinski definition) is 3. The second kappa shape index (κ2) is 7.54. The van der Waals surface area contributed by atoms with Gasteiger partial charge in [-0.1, -0.05) is 20.3 Å². The number of ketones is 1. The van der Waals surface area contributed by atoms with Crippen LogP contribution in [0.15, 0.2) is 0 Å². The van der Waals surface area contributed by atoms with E-state index in [-0.39, 0.29) is 17.7 Å². The van der Waals surface area contributed by atoms with E-state index in [1.54, 1.807) is 6.92 Å². The lowest BCUT2D eigenvalue weighted by atomic mass is 9.96. The summed E-state index contributed by atoms with van der Waals surface area (Å²) in [4.78, 5) is 22.6. The molecule has 3 nitrogen and oxygen atoms in total. The lowest BCUT2D eigenvalue weighted by Crippen LogP contribution is -2.20. The van der Waals surface area contributed by atoms with Gasteiger partial charge in [-0.15, -0.1) is 0 Å². The Morgan fingerprint density at radius 1 is 1.21 bits per heavy atom. The molecule has 0 spiro atoms. The average molecular weight is 200 g/mol. The third-order valence-electron chi connectivity index (χ3n) is 2.13. The fraction of sp³-hybridized carbons (Fsp3) is 0.818. The minimum atomic E-state index is -0.229.